The zero-order chi connectivity index (χ0) is 12.7. The number of hydrogen-bond donors (Lipinski definition) is 1. The van der Waals surface area contributed by atoms with Crippen molar-refractivity contribution >= 4 is 23.0 Å². The Morgan fingerprint density at radius 3 is 3.00 bits per heavy atom. The van der Waals surface area contributed by atoms with E-state index in [-0.39, 0.29) is 16.4 Å². The maximum absolute atomic E-state index is 10.7. The third kappa shape index (κ3) is 4.75. The van der Waals surface area contributed by atoms with Crippen molar-refractivity contribution in [3.8, 4) is 11.8 Å². The summed E-state index contributed by atoms with van der Waals surface area (Å²) in [5.74, 6) is 0.756. The van der Waals surface area contributed by atoms with E-state index in [1.165, 1.54) is 17.8 Å². The number of aromatic hydroxyl groups is 1. The lowest BCUT2D eigenvalue weighted by atomic mass is 10.1. The molecule has 0 spiro atoms. The van der Waals surface area contributed by atoms with Gasteiger partial charge in [-0.1, -0.05) is 30.0 Å². The molecule has 0 aliphatic heterocycles. The number of nitrogens with zero attached hydrogens (tertiary/aromatic N) is 1. The first-order valence-corrected chi connectivity index (χ1v) is 6.15. The zero-order valence-electron chi connectivity index (χ0n) is 9.51. The molecule has 3 nitrogen and oxygen atoms in total. The fourth-order valence-corrected chi connectivity index (χ4v) is 1.78. The van der Waals surface area contributed by atoms with Crippen LogP contribution in [0.3, 0.4) is 0 Å². The van der Waals surface area contributed by atoms with Gasteiger partial charge in [0.1, 0.15) is 11.8 Å². The van der Waals surface area contributed by atoms with E-state index in [9.17, 15) is 9.90 Å². The molecule has 88 valence electrons. The van der Waals surface area contributed by atoms with Gasteiger partial charge in [-0.25, -0.2) is 0 Å². The summed E-state index contributed by atoms with van der Waals surface area (Å²) in [6.45, 7) is 1.55. The quantitative estimate of drug-likeness (QED) is 0.831. The number of thioether (sulfide) groups is 1. The molecule has 4 heteroatoms. The predicted octanol–water partition coefficient (Wildman–Crippen LogP) is 2.95. The predicted molar refractivity (Wildman–Crippen MR) is 69.6 cm³/mol. The van der Waals surface area contributed by atoms with Gasteiger partial charge in [-0.05, 0) is 24.1 Å². The van der Waals surface area contributed by atoms with E-state index in [4.69, 9.17) is 5.26 Å². The third-order valence-corrected chi connectivity index (χ3v) is 2.89. The molecule has 0 heterocycles. The first-order valence-electron chi connectivity index (χ1n) is 5.16. The maximum Gasteiger partial charge on any atom is 0.185 e. The van der Waals surface area contributed by atoms with E-state index in [1.54, 1.807) is 19.1 Å². The van der Waals surface area contributed by atoms with Crippen LogP contribution in [-0.2, 0) is 4.79 Å². The minimum Gasteiger partial charge on any atom is -0.507 e. The van der Waals surface area contributed by atoms with Crippen LogP contribution in [0.4, 0.5) is 0 Å². The van der Waals surface area contributed by atoms with Crippen molar-refractivity contribution in [2.24, 2.45) is 0 Å². The Kier molecular flexibility index (Phi) is 5.31. The number of hydrogen-bond acceptors (Lipinski definition) is 4. The molecule has 0 saturated carbocycles. The molecule has 0 bridgehead atoms. The molecular weight excluding hydrogens is 234 g/mol. The summed E-state index contributed by atoms with van der Waals surface area (Å²) in [7, 11) is 0. The van der Waals surface area contributed by atoms with Gasteiger partial charge in [-0.2, -0.15) is 5.26 Å². The fraction of sp³-hybridized carbons (Fsp3) is 0.231. The Bertz CT molecular complexity index is 475. The van der Waals surface area contributed by atoms with E-state index in [0.717, 1.165) is 17.7 Å². The van der Waals surface area contributed by atoms with Gasteiger partial charge in [0.05, 0.1) is 5.56 Å². The Hall–Kier alpha value is -1.73. The highest BCUT2D eigenvalue weighted by Gasteiger charge is 1.99. The van der Waals surface area contributed by atoms with Gasteiger partial charge in [0.25, 0.3) is 0 Å². The van der Waals surface area contributed by atoms with Gasteiger partial charge in [0, 0.05) is 12.7 Å². The maximum atomic E-state index is 10.7. The highest BCUT2D eigenvalue weighted by Crippen LogP contribution is 2.18. The van der Waals surface area contributed by atoms with Crippen molar-refractivity contribution in [3.05, 3.63) is 35.4 Å². The van der Waals surface area contributed by atoms with Gasteiger partial charge in [-0.15, -0.1) is 0 Å². The minimum absolute atomic E-state index is 0.00298. The molecule has 0 saturated heterocycles. The molecule has 0 aliphatic rings. The molecule has 0 radical (unpaired) electrons. The van der Waals surface area contributed by atoms with Gasteiger partial charge in [-0.3, -0.25) is 4.79 Å². The number of rotatable bonds is 4. The number of benzene rings is 1. The van der Waals surface area contributed by atoms with Gasteiger partial charge in [0.15, 0.2) is 5.12 Å². The molecule has 0 unspecified atom stereocenters. The molecular formula is C13H13NO2S. The highest BCUT2D eigenvalue weighted by atomic mass is 32.2. The SMILES string of the molecule is CC(=O)SCCC=Cc1ccc(O)c(C#N)c1. The van der Waals surface area contributed by atoms with E-state index in [0.29, 0.717) is 0 Å². The number of phenols is 1. The summed E-state index contributed by atoms with van der Waals surface area (Å²) < 4.78 is 0. The molecule has 1 N–H and O–H groups in total. The van der Waals surface area contributed by atoms with Crippen molar-refractivity contribution in [1.29, 1.82) is 5.26 Å². The second-order valence-electron chi connectivity index (χ2n) is 3.42. The fourth-order valence-electron chi connectivity index (χ4n) is 1.24. The van der Waals surface area contributed by atoms with Crippen molar-refractivity contribution in [2.45, 2.75) is 13.3 Å². The summed E-state index contributed by atoms with van der Waals surface area (Å²) in [6, 6.07) is 6.79. The van der Waals surface area contributed by atoms with Crippen LogP contribution in [0.5, 0.6) is 5.75 Å². The van der Waals surface area contributed by atoms with Gasteiger partial charge >= 0.3 is 0 Å². The molecule has 1 rings (SSSR count). The first-order chi connectivity index (χ1) is 8.13. The molecule has 0 aliphatic carbocycles. The zero-order valence-corrected chi connectivity index (χ0v) is 10.3. The van der Waals surface area contributed by atoms with E-state index < -0.39 is 0 Å². The van der Waals surface area contributed by atoms with Crippen LogP contribution in [0, 0.1) is 11.3 Å². The first kappa shape index (κ1) is 13.3. The standard InChI is InChI=1S/C13H13NO2S/c1-10(15)17-7-3-2-4-11-5-6-13(16)12(8-11)9-14/h2,4-6,8,16H,3,7H2,1H3. The lowest BCUT2D eigenvalue weighted by Crippen LogP contribution is -1.84. The summed E-state index contributed by atoms with van der Waals surface area (Å²) in [5.41, 5.74) is 1.14. The monoisotopic (exact) mass is 247 g/mol. The summed E-state index contributed by atoms with van der Waals surface area (Å²) in [6.07, 6.45) is 4.62. The normalized spacial score (nSPS) is 10.4. The summed E-state index contributed by atoms with van der Waals surface area (Å²) >= 11 is 1.29. The van der Waals surface area contributed by atoms with Crippen LogP contribution in [0.1, 0.15) is 24.5 Å². The average Bonchev–Trinajstić information content (AvgIpc) is 2.30. The van der Waals surface area contributed by atoms with Crippen LogP contribution < -0.4 is 0 Å². The Balaban J connectivity index is 2.54. The van der Waals surface area contributed by atoms with Gasteiger partial charge < -0.3 is 5.11 Å². The number of carbonyl (C=O) groups is 1. The molecule has 17 heavy (non-hydrogen) atoms. The molecule has 1 aromatic carbocycles. The lowest BCUT2D eigenvalue weighted by molar-refractivity contribution is -0.109. The van der Waals surface area contributed by atoms with E-state index in [2.05, 4.69) is 0 Å². The second kappa shape index (κ2) is 6.77. The highest BCUT2D eigenvalue weighted by molar-refractivity contribution is 8.13. The van der Waals surface area contributed by atoms with Crippen LogP contribution in [0.25, 0.3) is 6.08 Å². The Labute approximate surface area is 105 Å². The third-order valence-electron chi connectivity index (χ3n) is 2.04. The van der Waals surface area contributed by atoms with Gasteiger partial charge in [0.2, 0.25) is 0 Å². The molecule has 1 aromatic rings. The molecule has 0 fully saturated rings. The largest absolute Gasteiger partial charge is 0.507 e. The van der Waals surface area contributed by atoms with Crippen LogP contribution in [0.15, 0.2) is 24.3 Å². The van der Waals surface area contributed by atoms with Crippen molar-refractivity contribution < 1.29 is 9.90 Å². The van der Waals surface area contributed by atoms with E-state index >= 15 is 0 Å². The number of allylic oxidation sites excluding steroid dienone is 1. The van der Waals surface area contributed by atoms with E-state index in [1.807, 2.05) is 18.2 Å². The van der Waals surface area contributed by atoms with Crippen molar-refractivity contribution in [3.63, 3.8) is 0 Å². The number of nitriles is 1. The minimum atomic E-state index is -0.00298. The van der Waals surface area contributed by atoms with Crippen molar-refractivity contribution in [2.75, 3.05) is 5.75 Å². The number of carbonyl (C=O) groups excluding carboxylic acids is 1. The summed E-state index contributed by atoms with van der Waals surface area (Å²) in [4.78, 5) is 10.7. The molecule has 0 amide bonds. The smallest absolute Gasteiger partial charge is 0.185 e. The van der Waals surface area contributed by atoms with Crippen molar-refractivity contribution in [1.82, 2.24) is 0 Å². The second-order valence-corrected chi connectivity index (χ2v) is 4.69. The van der Waals surface area contributed by atoms with Crippen LogP contribution >= 0.6 is 11.8 Å². The number of phenolic OH excluding ortho intramolecular Hbond substituents is 1. The topological polar surface area (TPSA) is 61.1 Å². The molecule has 0 aromatic heterocycles. The van der Waals surface area contributed by atoms with Crippen LogP contribution in [0.2, 0.25) is 0 Å². The molecule has 0 atom stereocenters. The Morgan fingerprint density at radius 1 is 1.59 bits per heavy atom. The van der Waals surface area contributed by atoms with Crippen LogP contribution in [-0.4, -0.2) is 16.0 Å². The average molecular weight is 247 g/mol. The Morgan fingerprint density at radius 2 is 2.35 bits per heavy atom. The lowest BCUT2D eigenvalue weighted by Gasteiger charge is -1.97. The summed E-state index contributed by atoms with van der Waals surface area (Å²) in [5, 5.41) is 18.2.